The van der Waals surface area contributed by atoms with Crippen molar-refractivity contribution in [3.8, 4) is 11.2 Å². The maximum Gasteiger partial charge on any atom is 0.280 e. The first kappa shape index (κ1) is 14.0. The van der Waals surface area contributed by atoms with Gasteiger partial charge in [-0.05, 0) is 19.1 Å². The molecule has 3 aromatic rings. The van der Waals surface area contributed by atoms with Crippen molar-refractivity contribution in [1.29, 1.82) is 5.26 Å². The number of halogens is 1. The third-order valence-electron chi connectivity index (χ3n) is 2.82. The molecule has 2 heterocycles. The Kier molecular flexibility index (Phi) is 3.20. The zero-order valence-corrected chi connectivity index (χ0v) is 13.0. The van der Waals surface area contributed by atoms with Crippen molar-refractivity contribution in [2.45, 2.75) is 11.9 Å². The number of thiazole rings is 1. The van der Waals surface area contributed by atoms with Crippen LogP contribution in [0.2, 0.25) is 0 Å². The molecular weight excluding hydrogens is 332 g/mol. The highest BCUT2D eigenvalue weighted by Gasteiger charge is 2.27. The lowest BCUT2D eigenvalue weighted by molar-refractivity contribution is 0.599. The summed E-state index contributed by atoms with van der Waals surface area (Å²) >= 11 is 1.27. The lowest BCUT2D eigenvalue weighted by Gasteiger charge is -1.99. The van der Waals surface area contributed by atoms with Gasteiger partial charge in [-0.3, -0.25) is 0 Å². The minimum absolute atomic E-state index is 0.0655. The van der Waals surface area contributed by atoms with Crippen molar-refractivity contribution < 1.29 is 8.42 Å². The summed E-state index contributed by atoms with van der Waals surface area (Å²) in [6.45, 7) is 1.55. The summed E-state index contributed by atoms with van der Waals surface area (Å²) in [4.78, 5) is 4.33. The van der Waals surface area contributed by atoms with Crippen LogP contribution in [0.15, 0.2) is 29.3 Å². The minimum Gasteiger partial charge on any atom is -0.218 e. The standard InChI is InChI=1S/C12H7ClN4O2S2/c1-7-8(6-14)11(21(13,18)19)17(16-7)12-15-9-4-2-3-5-10(9)20-12/h2-5H,1H3. The van der Waals surface area contributed by atoms with Crippen molar-refractivity contribution in [3.05, 3.63) is 35.5 Å². The summed E-state index contributed by atoms with van der Waals surface area (Å²) in [5, 5.41) is 13.2. The largest absolute Gasteiger partial charge is 0.280 e. The van der Waals surface area contributed by atoms with Gasteiger partial charge in [0.15, 0.2) is 5.03 Å². The van der Waals surface area contributed by atoms with Gasteiger partial charge < -0.3 is 0 Å². The number of aryl methyl sites for hydroxylation is 1. The summed E-state index contributed by atoms with van der Waals surface area (Å²) in [6, 6.07) is 9.20. The first-order valence-electron chi connectivity index (χ1n) is 5.72. The van der Waals surface area contributed by atoms with Crippen molar-refractivity contribution >= 4 is 41.3 Å². The molecule has 0 bridgehead atoms. The molecule has 0 saturated heterocycles. The molecule has 9 heteroatoms. The van der Waals surface area contributed by atoms with Crippen LogP contribution in [0.25, 0.3) is 15.3 Å². The molecule has 0 saturated carbocycles. The molecule has 0 radical (unpaired) electrons. The van der Waals surface area contributed by atoms with Crippen LogP contribution in [0.4, 0.5) is 0 Å². The van der Waals surface area contributed by atoms with Gasteiger partial charge in [0.1, 0.15) is 11.6 Å². The van der Waals surface area contributed by atoms with Gasteiger partial charge in [0.2, 0.25) is 5.13 Å². The molecule has 3 rings (SSSR count). The molecular formula is C12H7ClN4O2S2. The van der Waals surface area contributed by atoms with E-state index < -0.39 is 9.05 Å². The van der Waals surface area contributed by atoms with E-state index >= 15 is 0 Å². The van der Waals surface area contributed by atoms with Gasteiger partial charge in [0, 0.05) is 10.7 Å². The van der Waals surface area contributed by atoms with Gasteiger partial charge in [0.25, 0.3) is 9.05 Å². The van der Waals surface area contributed by atoms with Gasteiger partial charge in [-0.2, -0.15) is 15.0 Å². The van der Waals surface area contributed by atoms with E-state index in [1.165, 1.54) is 11.3 Å². The Balaban J connectivity index is 2.35. The molecule has 0 atom stereocenters. The lowest BCUT2D eigenvalue weighted by Crippen LogP contribution is -2.05. The highest BCUT2D eigenvalue weighted by Crippen LogP contribution is 2.30. The molecule has 0 aliphatic heterocycles. The smallest absolute Gasteiger partial charge is 0.218 e. The van der Waals surface area contributed by atoms with Crippen molar-refractivity contribution in [3.63, 3.8) is 0 Å². The molecule has 0 fully saturated rings. The number of hydrogen-bond acceptors (Lipinski definition) is 6. The first-order valence-corrected chi connectivity index (χ1v) is 8.84. The number of aromatic nitrogens is 3. The van der Waals surface area contributed by atoms with Crippen LogP contribution in [-0.4, -0.2) is 23.2 Å². The molecule has 0 N–H and O–H groups in total. The maximum absolute atomic E-state index is 11.8. The fraction of sp³-hybridized carbons (Fsp3) is 0.0833. The van der Waals surface area contributed by atoms with E-state index in [0.29, 0.717) is 5.13 Å². The predicted octanol–water partition coefficient (Wildman–Crippen LogP) is 2.59. The Hall–Kier alpha value is -1.95. The second kappa shape index (κ2) is 4.80. The SMILES string of the molecule is Cc1nn(-c2nc3ccccc3s2)c(S(=O)(=O)Cl)c1C#N. The molecule has 0 spiro atoms. The fourth-order valence-corrected chi connectivity index (χ4v) is 4.12. The van der Waals surface area contributed by atoms with Gasteiger partial charge in [0.05, 0.1) is 15.9 Å². The van der Waals surface area contributed by atoms with Gasteiger partial charge in [-0.25, -0.2) is 13.4 Å². The molecule has 0 unspecified atom stereocenters. The Morgan fingerprint density at radius 2 is 2.10 bits per heavy atom. The number of rotatable bonds is 2. The second-order valence-corrected chi connectivity index (χ2v) is 7.68. The van der Waals surface area contributed by atoms with Gasteiger partial charge >= 0.3 is 0 Å². The summed E-state index contributed by atoms with van der Waals surface area (Å²) in [7, 11) is 1.32. The molecule has 1 aromatic carbocycles. The van der Waals surface area contributed by atoms with Crippen LogP contribution in [0.1, 0.15) is 11.3 Å². The zero-order valence-electron chi connectivity index (χ0n) is 10.6. The van der Waals surface area contributed by atoms with E-state index in [0.717, 1.165) is 14.9 Å². The number of nitrogens with zero attached hydrogens (tertiary/aromatic N) is 4. The fourth-order valence-electron chi connectivity index (χ4n) is 1.94. The summed E-state index contributed by atoms with van der Waals surface area (Å²) in [6.07, 6.45) is 0. The average molecular weight is 339 g/mol. The number of hydrogen-bond donors (Lipinski definition) is 0. The van der Waals surface area contributed by atoms with Gasteiger partial charge in [-0.15, -0.1) is 0 Å². The van der Waals surface area contributed by atoms with E-state index in [2.05, 4.69) is 10.1 Å². The van der Waals surface area contributed by atoms with Gasteiger partial charge in [-0.1, -0.05) is 23.5 Å². The Morgan fingerprint density at radius 3 is 2.71 bits per heavy atom. The Bertz CT molecular complexity index is 965. The summed E-state index contributed by atoms with van der Waals surface area (Å²) in [5.74, 6) is 0. The van der Waals surface area contributed by atoms with E-state index in [1.54, 1.807) is 6.92 Å². The van der Waals surface area contributed by atoms with Crippen molar-refractivity contribution in [2.75, 3.05) is 0 Å². The normalized spacial score (nSPS) is 11.7. The highest BCUT2D eigenvalue weighted by atomic mass is 35.7. The highest BCUT2D eigenvalue weighted by molar-refractivity contribution is 8.13. The Morgan fingerprint density at radius 1 is 1.38 bits per heavy atom. The van der Waals surface area contributed by atoms with Crippen LogP contribution in [0, 0.1) is 18.3 Å². The Labute approximate surface area is 128 Å². The van der Waals surface area contributed by atoms with Crippen molar-refractivity contribution in [1.82, 2.24) is 14.8 Å². The number of para-hydroxylation sites is 1. The minimum atomic E-state index is -4.12. The topological polar surface area (TPSA) is 88.6 Å². The monoisotopic (exact) mass is 338 g/mol. The molecule has 6 nitrogen and oxygen atoms in total. The van der Waals surface area contributed by atoms with E-state index in [4.69, 9.17) is 15.9 Å². The second-order valence-electron chi connectivity index (χ2n) is 4.19. The van der Waals surface area contributed by atoms with Crippen LogP contribution in [0.5, 0.6) is 0 Å². The number of nitriles is 1. The van der Waals surface area contributed by atoms with Crippen molar-refractivity contribution in [2.24, 2.45) is 0 Å². The molecule has 2 aromatic heterocycles. The summed E-state index contributed by atoms with van der Waals surface area (Å²) < 4.78 is 25.5. The third kappa shape index (κ3) is 2.29. The van der Waals surface area contributed by atoms with E-state index in [-0.39, 0.29) is 16.3 Å². The number of benzene rings is 1. The first-order chi connectivity index (χ1) is 9.91. The predicted molar refractivity (Wildman–Crippen MR) is 79.2 cm³/mol. The van der Waals surface area contributed by atoms with Crippen LogP contribution in [0.3, 0.4) is 0 Å². The van der Waals surface area contributed by atoms with Crippen LogP contribution in [-0.2, 0) is 9.05 Å². The number of fused-ring (bicyclic) bond motifs is 1. The van der Waals surface area contributed by atoms with E-state index in [1.807, 2.05) is 30.3 Å². The lowest BCUT2D eigenvalue weighted by atomic mass is 10.3. The van der Waals surface area contributed by atoms with Crippen LogP contribution >= 0.6 is 22.0 Å². The average Bonchev–Trinajstić information content (AvgIpc) is 2.97. The zero-order chi connectivity index (χ0) is 15.2. The quantitative estimate of drug-likeness (QED) is 0.670. The van der Waals surface area contributed by atoms with E-state index in [9.17, 15) is 8.42 Å². The summed E-state index contributed by atoms with van der Waals surface area (Å²) in [5.41, 5.74) is 0.947. The molecule has 21 heavy (non-hydrogen) atoms. The molecule has 0 aliphatic carbocycles. The third-order valence-corrected chi connectivity index (χ3v) is 5.11. The maximum atomic E-state index is 11.8. The molecule has 0 amide bonds. The molecule has 0 aliphatic rings. The molecule has 106 valence electrons. The van der Waals surface area contributed by atoms with Crippen LogP contribution < -0.4 is 0 Å².